The molecule has 0 unspecified atom stereocenters. The van der Waals surface area contributed by atoms with E-state index >= 15 is 0 Å². The first-order chi connectivity index (χ1) is 14.8. The molecule has 1 heterocycles. The fourth-order valence-electron chi connectivity index (χ4n) is 2.70. The fourth-order valence-corrected chi connectivity index (χ4v) is 2.70. The maximum atomic E-state index is 12.5. The van der Waals surface area contributed by atoms with E-state index in [-0.39, 0.29) is 29.8 Å². The van der Waals surface area contributed by atoms with E-state index < -0.39 is 12.8 Å². The number of nitrogens with one attached hydrogen (secondary N) is 1. The average molecular weight is 436 g/mol. The van der Waals surface area contributed by atoms with Gasteiger partial charge in [0.05, 0.1) is 32.0 Å². The van der Waals surface area contributed by atoms with Crippen LogP contribution in [-0.4, -0.2) is 37.9 Å². The number of benzene rings is 2. The van der Waals surface area contributed by atoms with Gasteiger partial charge in [-0.25, -0.2) is 4.98 Å². The lowest BCUT2D eigenvalue weighted by Gasteiger charge is -2.13. The molecule has 0 bridgehead atoms. The second-order valence-corrected chi connectivity index (χ2v) is 6.30. The second-order valence-electron chi connectivity index (χ2n) is 6.30. The number of halogens is 3. The number of hydrogen-bond donors (Lipinski definition) is 1. The molecule has 0 radical (unpaired) electrons. The van der Waals surface area contributed by atoms with Crippen LogP contribution in [-0.2, 0) is 6.54 Å². The van der Waals surface area contributed by atoms with Gasteiger partial charge >= 0.3 is 6.18 Å². The van der Waals surface area contributed by atoms with Crippen LogP contribution in [0.15, 0.2) is 53.1 Å². The van der Waals surface area contributed by atoms with Crippen LogP contribution in [0.2, 0.25) is 0 Å². The minimum atomic E-state index is -4.49. The molecule has 1 amide bonds. The van der Waals surface area contributed by atoms with Gasteiger partial charge in [0.1, 0.15) is 12.0 Å². The van der Waals surface area contributed by atoms with Crippen LogP contribution in [0.4, 0.5) is 13.2 Å². The zero-order valence-electron chi connectivity index (χ0n) is 16.7. The Hall–Kier alpha value is -3.69. The van der Waals surface area contributed by atoms with Crippen molar-refractivity contribution in [2.75, 3.05) is 20.8 Å². The summed E-state index contributed by atoms with van der Waals surface area (Å²) in [6.45, 7) is -1.38. The molecule has 3 rings (SSSR count). The number of carbonyl (C=O) groups excluding carboxylic acids is 1. The molecule has 1 aromatic heterocycles. The molecule has 2 aromatic carbocycles. The Morgan fingerprint density at radius 1 is 1.06 bits per heavy atom. The number of ether oxygens (including phenoxy) is 3. The molecule has 0 aliphatic rings. The maximum absolute atomic E-state index is 12.5. The Morgan fingerprint density at radius 3 is 2.52 bits per heavy atom. The average Bonchev–Trinajstić information content (AvgIpc) is 3.24. The van der Waals surface area contributed by atoms with Crippen LogP contribution >= 0.6 is 0 Å². The van der Waals surface area contributed by atoms with Gasteiger partial charge in [0.15, 0.2) is 18.1 Å². The Balaban J connectivity index is 1.71. The molecule has 31 heavy (non-hydrogen) atoms. The Kier molecular flexibility index (Phi) is 6.68. The summed E-state index contributed by atoms with van der Waals surface area (Å²) in [6, 6.07) is 11.1. The van der Waals surface area contributed by atoms with Gasteiger partial charge < -0.3 is 23.9 Å². The van der Waals surface area contributed by atoms with Gasteiger partial charge in [-0.15, -0.1) is 0 Å². The molecule has 10 heteroatoms. The van der Waals surface area contributed by atoms with Crippen LogP contribution < -0.4 is 19.5 Å². The number of oxazole rings is 1. The monoisotopic (exact) mass is 436 g/mol. The zero-order valence-corrected chi connectivity index (χ0v) is 16.7. The Morgan fingerprint density at radius 2 is 1.81 bits per heavy atom. The summed E-state index contributed by atoms with van der Waals surface area (Å²) in [5, 5.41) is 2.71. The van der Waals surface area contributed by atoms with Gasteiger partial charge in [0, 0.05) is 5.56 Å². The second kappa shape index (κ2) is 9.41. The summed E-state index contributed by atoms with van der Waals surface area (Å²) in [7, 11) is 2.79. The number of carbonyl (C=O) groups is 1. The third-order valence-corrected chi connectivity index (χ3v) is 4.14. The summed E-state index contributed by atoms with van der Waals surface area (Å²) < 4.78 is 57.9. The number of hydrogen-bond acceptors (Lipinski definition) is 6. The molecule has 0 saturated heterocycles. The van der Waals surface area contributed by atoms with Crippen molar-refractivity contribution < 1.29 is 36.6 Å². The highest BCUT2D eigenvalue weighted by Crippen LogP contribution is 2.33. The maximum Gasteiger partial charge on any atom is 0.422 e. The summed E-state index contributed by atoms with van der Waals surface area (Å²) in [4.78, 5) is 16.6. The van der Waals surface area contributed by atoms with E-state index in [0.29, 0.717) is 22.6 Å². The molecule has 0 fully saturated rings. The van der Waals surface area contributed by atoms with Gasteiger partial charge in [-0.3, -0.25) is 4.79 Å². The summed E-state index contributed by atoms with van der Waals surface area (Å²) in [5.74, 6) is 0.284. The molecule has 0 aliphatic heterocycles. The normalized spacial score (nSPS) is 11.1. The Bertz CT molecular complexity index is 1050. The van der Waals surface area contributed by atoms with Crippen molar-refractivity contribution >= 4 is 5.91 Å². The smallest absolute Gasteiger partial charge is 0.422 e. The first-order valence-electron chi connectivity index (χ1n) is 9.04. The summed E-state index contributed by atoms with van der Waals surface area (Å²) in [5.41, 5.74) is 1.18. The van der Waals surface area contributed by atoms with E-state index in [1.165, 1.54) is 32.6 Å². The third-order valence-electron chi connectivity index (χ3n) is 4.14. The van der Waals surface area contributed by atoms with Crippen molar-refractivity contribution in [1.82, 2.24) is 10.3 Å². The van der Waals surface area contributed by atoms with Gasteiger partial charge in [0.25, 0.3) is 5.91 Å². The third kappa shape index (κ3) is 5.68. The number of amides is 1. The van der Waals surface area contributed by atoms with Gasteiger partial charge in [-0.2, -0.15) is 13.2 Å². The standard InChI is InChI=1S/C21H19F3N2O5/c1-28-16-6-4-3-5-15(16)19(27)25-10-14-11-30-20(26-14)13-7-8-17(29-2)18(9-13)31-12-21(22,23)24/h3-9,11H,10,12H2,1-2H3,(H,25,27). The quantitative estimate of drug-likeness (QED) is 0.569. The van der Waals surface area contributed by atoms with Crippen LogP contribution in [0.1, 0.15) is 16.1 Å². The van der Waals surface area contributed by atoms with Crippen LogP contribution in [0.3, 0.4) is 0 Å². The summed E-state index contributed by atoms with van der Waals surface area (Å²) >= 11 is 0. The van der Waals surface area contributed by atoms with Crippen molar-refractivity contribution in [3.05, 3.63) is 60.0 Å². The van der Waals surface area contributed by atoms with Crippen molar-refractivity contribution in [3.8, 4) is 28.7 Å². The number of alkyl halides is 3. The first kappa shape index (κ1) is 22.0. The van der Waals surface area contributed by atoms with Gasteiger partial charge in [0.2, 0.25) is 5.89 Å². The number of methoxy groups -OCH3 is 2. The highest BCUT2D eigenvalue weighted by Gasteiger charge is 2.29. The van der Waals surface area contributed by atoms with E-state index in [4.69, 9.17) is 18.6 Å². The number of para-hydroxylation sites is 1. The van der Waals surface area contributed by atoms with E-state index in [1.54, 1.807) is 30.3 Å². The lowest BCUT2D eigenvalue weighted by Crippen LogP contribution is -2.23. The first-order valence-corrected chi connectivity index (χ1v) is 9.04. The topological polar surface area (TPSA) is 82.8 Å². The van der Waals surface area contributed by atoms with Crippen molar-refractivity contribution in [1.29, 1.82) is 0 Å². The largest absolute Gasteiger partial charge is 0.496 e. The van der Waals surface area contributed by atoms with Gasteiger partial charge in [-0.1, -0.05) is 12.1 Å². The lowest BCUT2D eigenvalue weighted by atomic mass is 10.2. The molecular weight excluding hydrogens is 417 g/mol. The van der Waals surface area contributed by atoms with Crippen LogP contribution in [0.5, 0.6) is 17.2 Å². The minimum Gasteiger partial charge on any atom is -0.496 e. The van der Waals surface area contributed by atoms with Crippen molar-refractivity contribution in [2.45, 2.75) is 12.7 Å². The molecule has 1 N–H and O–H groups in total. The van der Waals surface area contributed by atoms with Crippen LogP contribution in [0, 0.1) is 0 Å². The van der Waals surface area contributed by atoms with E-state index in [1.807, 2.05) is 0 Å². The van der Waals surface area contributed by atoms with Gasteiger partial charge in [-0.05, 0) is 30.3 Å². The SMILES string of the molecule is COc1ccc(-c2nc(CNC(=O)c3ccccc3OC)co2)cc1OCC(F)(F)F. The molecule has 0 saturated carbocycles. The van der Waals surface area contributed by atoms with E-state index in [9.17, 15) is 18.0 Å². The summed E-state index contributed by atoms with van der Waals surface area (Å²) in [6.07, 6.45) is -3.14. The van der Waals surface area contributed by atoms with Crippen LogP contribution in [0.25, 0.3) is 11.5 Å². The highest BCUT2D eigenvalue weighted by atomic mass is 19.4. The molecule has 7 nitrogen and oxygen atoms in total. The predicted octanol–water partition coefficient (Wildman–Crippen LogP) is 4.23. The molecule has 0 spiro atoms. The number of rotatable bonds is 8. The number of aromatic nitrogens is 1. The Labute approximate surface area is 175 Å². The van der Waals surface area contributed by atoms with Crippen molar-refractivity contribution in [2.24, 2.45) is 0 Å². The fraction of sp³-hybridized carbons (Fsp3) is 0.238. The lowest BCUT2D eigenvalue weighted by molar-refractivity contribution is -0.153. The molecule has 0 atom stereocenters. The van der Waals surface area contributed by atoms with E-state index in [0.717, 1.165) is 0 Å². The molecular formula is C21H19F3N2O5. The van der Waals surface area contributed by atoms with Crippen molar-refractivity contribution in [3.63, 3.8) is 0 Å². The van der Waals surface area contributed by atoms with E-state index in [2.05, 4.69) is 10.3 Å². The highest BCUT2D eigenvalue weighted by molar-refractivity contribution is 5.96. The molecule has 3 aromatic rings. The zero-order chi connectivity index (χ0) is 22.4. The minimum absolute atomic E-state index is 0.0773. The predicted molar refractivity (Wildman–Crippen MR) is 104 cm³/mol. The molecule has 164 valence electrons. The molecule has 0 aliphatic carbocycles. The number of nitrogens with zero attached hydrogens (tertiary/aromatic N) is 1.